The molecule has 11 heteroatoms. The van der Waals surface area contributed by atoms with E-state index in [2.05, 4.69) is 30.3 Å². The summed E-state index contributed by atoms with van der Waals surface area (Å²) in [7, 11) is 0. The summed E-state index contributed by atoms with van der Waals surface area (Å²) in [5, 5.41) is 16.3. The average molecular weight is 472 g/mol. The zero-order chi connectivity index (χ0) is 24.5. The topological polar surface area (TPSA) is 135 Å². The number of carbonyl (C=O) groups excluding carboxylic acids is 1. The minimum atomic E-state index is -3.79. The highest BCUT2D eigenvalue weighted by atomic mass is 19.3. The predicted octanol–water partition coefficient (Wildman–Crippen LogP) is 2.70. The lowest BCUT2D eigenvalue weighted by Crippen LogP contribution is -2.47. The number of aliphatic hydroxyl groups is 1. The van der Waals surface area contributed by atoms with Crippen molar-refractivity contribution in [2.45, 2.75) is 44.4 Å². The number of nitrogens with one attached hydrogen (secondary N) is 2. The molecule has 1 fully saturated rings. The third-order valence-electron chi connectivity index (χ3n) is 5.60. The molecule has 1 aliphatic heterocycles. The molecule has 34 heavy (non-hydrogen) atoms. The van der Waals surface area contributed by atoms with Gasteiger partial charge in [-0.05, 0) is 63.6 Å². The van der Waals surface area contributed by atoms with E-state index in [0.717, 1.165) is 39.8 Å². The minimum Gasteiger partial charge on any atom is -0.430 e. The van der Waals surface area contributed by atoms with Crippen LogP contribution in [0.15, 0.2) is 36.7 Å². The van der Waals surface area contributed by atoms with Crippen LogP contribution >= 0.6 is 0 Å². The number of piperidine rings is 1. The van der Waals surface area contributed by atoms with Crippen molar-refractivity contribution >= 4 is 22.8 Å². The first-order valence-corrected chi connectivity index (χ1v) is 10.9. The zero-order valence-corrected chi connectivity index (χ0v) is 18.8. The van der Waals surface area contributed by atoms with Crippen molar-refractivity contribution in [2.75, 3.05) is 18.4 Å². The van der Waals surface area contributed by atoms with E-state index >= 15 is 0 Å². The second-order valence-corrected chi connectivity index (χ2v) is 8.73. The van der Waals surface area contributed by atoms with Crippen LogP contribution in [0.1, 0.15) is 37.0 Å². The van der Waals surface area contributed by atoms with E-state index in [1.807, 2.05) is 0 Å². The molecule has 1 aromatic carbocycles. The maximum atomic E-state index is 14.0. The lowest BCUT2D eigenvalue weighted by atomic mass is 10.1. The molecule has 1 amide bonds. The maximum Gasteiger partial charge on any atom is 0.426 e. The van der Waals surface area contributed by atoms with Gasteiger partial charge in [0.05, 0.1) is 11.3 Å². The fourth-order valence-electron chi connectivity index (χ4n) is 3.62. The average Bonchev–Trinajstić information content (AvgIpc) is 2.79. The Bertz CT molecular complexity index is 1190. The molecular formula is C23H26F2N6O3. The van der Waals surface area contributed by atoms with Crippen molar-refractivity contribution in [3.05, 3.63) is 42.2 Å². The standard InChI is InChI=1S/C23H26F2N6O3/c1-22(2,33)23(24,25)34-15-7-5-13(6-8-15)17-10-16(20(26)32)18-19(31-17)21(29-12-28-18)30-14-4-3-9-27-11-14/h5-8,10,12,14,27,33H,3-4,9,11H2,1-2H3,(H2,26,32)(H,28,29,30)/t14-/m0/s1. The summed E-state index contributed by atoms with van der Waals surface area (Å²) < 4.78 is 32.7. The molecule has 0 radical (unpaired) electrons. The highest BCUT2D eigenvalue weighted by molar-refractivity contribution is 6.06. The van der Waals surface area contributed by atoms with Crippen LogP contribution < -0.4 is 21.1 Å². The molecule has 180 valence electrons. The van der Waals surface area contributed by atoms with Gasteiger partial charge in [-0.3, -0.25) is 4.79 Å². The number of pyridine rings is 1. The maximum absolute atomic E-state index is 14.0. The SMILES string of the molecule is CC(C)(O)C(F)(F)Oc1ccc(-c2cc(C(N)=O)c3ncnc(N[C@H]4CCCNC4)c3n2)cc1. The third-order valence-corrected chi connectivity index (χ3v) is 5.60. The molecule has 0 unspecified atom stereocenters. The quantitative estimate of drug-likeness (QED) is 0.412. The number of aromatic nitrogens is 3. The van der Waals surface area contributed by atoms with E-state index in [0.29, 0.717) is 28.1 Å². The summed E-state index contributed by atoms with van der Waals surface area (Å²) in [4.78, 5) is 25.4. The number of rotatable bonds is 7. The van der Waals surface area contributed by atoms with Gasteiger partial charge in [0.1, 0.15) is 23.1 Å². The Balaban J connectivity index is 1.71. The number of amides is 1. The largest absolute Gasteiger partial charge is 0.430 e. The highest BCUT2D eigenvalue weighted by Gasteiger charge is 2.48. The Morgan fingerprint density at radius 1 is 1.24 bits per heavy atom. The summed E-state index contributed by atoms with van der Waals surface area (Å²) in [6.45, 7) is 3.65. The molecule has 1 saturated heterocycles. The van der Waals surface area contributed by atoms with Gasteiger partial charge in [-0.1, -0.05) is 0 Å². The van der Waals surface area contributed by atoms with Crippen LogP contribution in [0.5, 0.6) is 5.75 Å². The summed E-state index contributed by atoms with van der Waals surface area (Å²) in [5.74, 6) is -0.336. The Morgan fingerprint density at radius 3 is 2.59 bits per heavy atom. The van der Waals surface area contributed by atoms with Crippen LogP contribution in [-0.2, 0) is 0 Å². The normalized spacial score (nSPS) is 16.9. The monoisotopic (exact) mass is 472 g/mol. The number of hydrogen-bond donors (Lipinski definition) is 4. The van der Waals surface area contributed by atoms with Gasteiger partial charge in [-0.2, -0.15) is 8.78 Å². The zero-order valence-electron chi connectivity index (χ0n) is 18.8. The van der Waals surface area contributed by atoms with Gasteiger partial charge in [0.2, 0.25) is 0 Å². The van der Waals surface area contributed by atoms with Crippen molar-refractivity contribution in [3.63, 3.8) is 0 Å². The first-order valence-electron chi connectivity index (χ1n) is 10.9. The number of halogens is 2. The van der Waals surface area contributed by atoms with E-state index in [1.165, 1.54) is 36.7 Å². The van der Waals surface area contributed by atoms with Crippen LogP contribution in [0.4, 0.5) is 14.6 Å². The van der Waals surface area contributed by atoms with Crippen LogP contribution in [0, 0.1) is 0 Å². The first-order chi connectivity index (χ1) is 16.0. The molecular weight excluding hydrogens is 446 g/mol. The van der Waals surface area contributed by atoms with Gasteiger partial charge in [0.15, 0.2) is 11.4 Å². The van der Waals surface area contributed by atoms with Gasteiger partial charge in [0, 0.05) is 18.2 Å². The number of nitrogens with two attached hydrogens (primary N) is 1. The molecule has 0 saturated carbocycles. The number of nitrogens with zero attached hydrogens (tertiary/aromatic N) is 3. The van der Waals surface area contributed by atoms with Gasteiger partial charge in [0.25, 0.3) is 5.91 Å². The molecule has 1 atom stereocenters. The molecule has 5 N–H and O–H groups in total. The smallest absolute Gasteiger partial charge is 0.426 e. The molecule has 3 heterocycles. The van der Waals surface area contributed by atoms with E-state index < -0.39 is 17.6 Å². The Hall–Kier alpha value is -3.44. The van der Waals surface area contributed by atoms with E-state index in [4.69, 9.17) is 5.73 Å². The number of primary amides is 1. The number of fused-ring (bicyclic) bond motifs is 1. The first kappa shape index (κ1) is 23.7. The molecule has 0 spiro atoms. The summed E-state index contributed by atoms with van der Waals surface area (Å²) in [6, 6.07) is 7.36. The number of carbonyl (C=O) groups is 1. The lowest BCUT2D eigenvalue weighted by Gasteiger charge is -2.28. The fraction of sp³-hybridized carbons (Fsp3) is 0.391. The molecule has 1 aliphatic rings. The highest BCUT2D eigenvalue weighted by Crippen LogP contribution is 2.33. The third kappa shape index (κ3) is 4.90. The van der Waals surface area contributed by atoms with Crippen molar-refractivity contribution in [2.24, 2.45) is 5.73 Å². The fourth-order valence-corrected chi connectivity index (χ4v) is 3.62. The van der Waals surface area contributed by atoms with Crippen LogP contribution in [0.25, 0.3) is 22.3 Å². The Morgan fingerprint density at radius 2 is 1.97 bits per heavy atom. The Labute approximate surface area is 194 Å². The van der Waals surface area contributed by atoms with Gasteiger partial charge >= 0.3 is 6.11 Å². The minimum absolute atomic E-state index is 0.137. The summed E-state index contributed by atoms with van der Waals surface area (Å²) >= 11 is 0. The van der Waals surface area contributed by atoms with E-state index in [-0.39, 0.29) is 17.4 Å². The van der Waals surface area contributed by atoms with Crippen LogP contribution in [0.3, 0.4) is 0 Å². The number of hydrogen-bond acceptors (Lipinski definition) is 8. The van der Waals surface area contributed by atoms with Crippen molar-refractivity contribution in [1.29, 1.82) is 0 Å². The second kappa shape index (κ2) is 9.07. The number of ether oxygens (including phenoxy) is 1. The van der Waals surface area contributed by atoms with Crippen molar-refractivity contribution in [3.8, 4) is 17.0 Å². The number of benzene rings is 1. The van der Waals surface area contributed by atoms with Gasteiger partial charge < -0.3 is 26.2 Å². The molecule has 3 aromatic rings. The number of alkyl halides is 2. The van der Waals surface area contributed by atoms with Crippen molar-refractivity contribution in [1.82, 2.24) is 20.3 Å². The number of anilines is 1. The molecule has 9 nitrogen and oxygen atoms in total. The lowest BCUT2D eigenvalue weighted by molar-refractivity contribution is -0.276. The summed E-state index contributed by atoms with van der Waals surface area (Å²) in [6.07, 6.45) is -0.463. The van der Waals surface area contributed by atoms with Crippen LogP contribution in [0.2, 0.25) is 0 Å². The van der Waals surface area contributed by atoms with Gasteiger partial charge in [-0.25, -0.2) is 15.0 Å². The molecule has 2 aromatic heterocycles. The van der Waals surface area contributed by atoms with Crippen LogP contribution in [-0.4, -0.2) is 56.8 Å². The van der Waals surface area contributed by atoms with E-state index in [9.17, 15) is 18.7 Å². The molecule has 4 rings (SSSR count). The predicted molar refractivity (Wildman–Crippen MR) is 123 cm³/mol. The summed E-state index contributed by atoms with van der Waals surface area (Å²) in [5.41, 5.74) is 5.05. The second-order valence-electron chi connectivity index (χ2n) is 8.73. The Kier molecular flexibility index (Phi) is 6.32. The van der Waals surface area contributed by atoms with Crippen molar-refractivity contribution < 1.29 is 23.4 Å². The molecule has 0 bridgehead atoms. The van der Waals surface area contributed by atoms with E-state index in [1.54, 1.807) is 0 Å². The molecule has 0 aliphatic carbocycles. The van der Waals surface area contributed by atoms with Gasteiger partial charge in [-0.15, -0.1) is 0 Å².